The van der Waals surface area contributed by atoms with Crippen LogP contribution in [0.25, 0.3) is 0 Å². The molecule has 1 aliphatic carbocycles. The highest BCUT2D eigenvalue weighted by Crippen LogP contribution is 2.25. The van der Waals surface area contributed by atoms with E-state index in [-0.39, 0.29) is 24.5 Å². The third kappa shape index (κ3) is 8.76. The van der Waals surface area contributed by atoms with Gasteiger partial charge in [0.15, 0.2) is 0 Å². The SMILES string of the molecule is COCCOCC(=O)N[C@H]1CCC[C@@H]1CNC(=O)OC(C)(C)C. The Labute approximate surface area is 138 Å². The van der Waals surface area contributed by atoms with Crippen molar-refractivity contribution in [3.8, 4) is 0 Å². The number of carbonyl (C=O) groups is 2. The van der Waals surface area contributed by atoms with E-state index in [1.54, 1.807) is 7.11 Å². The van der Waals surface area contributed by atoms with Crippen LogP contribution in [0.3, 0.4) is 0 Å². The number of hydrogen-bond acceptors (Lipinski definition) is 5. The zero-order valence-corrected chi connectivity index (χ0v) is 14.6. The van der Waals surface area contributed by atoms with E-state index in [1.165, 1.54) is 0 Å². The van der Waals surface area contributed by atoms with E-state index in [2.05, 4.69) is 10.6 Å². The van der Waals surface area contributed by atoms with Gasteiger partial charge >= 0.3 is 6.09 Å². The van der Waals surface area contributed by atoms with Crippen molar-refractivity contribution in [3.05, 3.63) is 0 Å². The summed E-state index contributed by atoms with van der Waals surface area (Å²) in [5, 5.41) is 5.77. The second-order valence-corrected chi connectivity index (χ2v) is 6.79. The maximum atomic E-state index is 11.8. The van der Waals surface area contributed by atoms with Gasteiger partial charge in [-0.05, 0) is 39.5 Å². The van der Waals surface area contributed by atoms with Crippen LogP contribution >= 0.6 is 0 Å². The van der Waals surface area contributed by atoms with E-state index < -0.39 is 11.7 Å². The summed E-state index contributed by atoms with van der Waals surface area (Å²) >= 11 is 0. The fourth-order valence-corrected chi connectivity index (χ4v) is 2.56. The summed E-state index contributed by atoms with van der Waals surface area (Å²) < 4.78 is 15.3. The molecule has 0 spiro atoms. The van der Waals surface area contributed by atoms with Crippen LogP contribution in [0.1, 0.15) is 40.0 Å². The quantitative estimate of drug-likeness (QED) is 0.658. The molecule has 0 aromatic heterocycles. The van der Waals surface area contributed by atoms with Crippen LogP contribution in [0, 0.1) is 5.92 Å². The lowest BCUT2D eigenvalue weighted by molar-refractivity contribution is -0.127. The van der Waals surface area contributed by atoms with Gasteiger partial charge in [0.1, 0.15) is 12.2 Å². The number of nitrogens with one attached hydrogen (secondary N) is 2. The van der Waals surface area contributed by atoms with Gasteiger partial charge in [0.05, 0.1) is 13.2 Å². The molecule has 7 heteroatoms. The van der Waals surface area contributed by atoms with E-state index in [4.69, 9.17) is 14.2 Å². The molecular formula is C16H30N2O5. The van der Waals surface area contributed by atoms with Gasteiger partial charge in [-0.15, -0.1) is 0 Å². The van der Waals surface area contributed by atoms with Crippen molar-refractivity contribution < 1.29 is 23.8 Å². The fourth-order valence-electron chi connectivity index (χ4n) is 2.56. The Bertz CT molecular complexity index is 381. The van der Waals surface area contributed by atoms with Crippen molar-refractivity contribution in [2.45, 2.75) is 51.7 Å². The van der Waals surface area contributed by atoms with E-state index in [9.17, 15) is 9.59 Å². The van der Waals surface area contributed by atoms with Crippen LogP contribution in [0.4, 0.5) is 4.79 Å². The van der Waals surface area contributed by atoms with Crippen molar-refractivity contribution in [1.29, 1.82) is 0 Å². The van der Waals surface area contributed by atoms with Gasteiger partial charge < -0.3 is 24.8 Å². The van der Waals surface area contributed by atoms with E-state index >= 15 is 0 Å². The first kappa shape index (κ1) is 19.7. The van der Waals surface area contributed by atoms with Crippen molar-refractivity contribution in [3.63, 3.8) is 0 Å². The van der Waals surface area contributed by atoms with Crippen LogP contribution < -0.4 is 10.6 Å². The molecule has 2 amide bonds. The zero-order chi connectivity index (χ0) is 17.3. The Morgan fingerprint density at radius 2 is 1.91 bits per heavy atom. The molecule has 0 unspecified atom stereocenters. The first-order valence-corrected chi connectivity index (χ1v) is 8.14. The van der Waals surface area contributed by atoms with Crippen molar-refractivity contribution in [2.24, 2.45) is 5.92 Å². The molecule has 0 aliphatic heterocycles. The van der Waals surface area contributed by atoms with Crippen LogP contribution in [0.5, 0.6) is 0 Å². The second kappa shape index (κ2) is 9.72. The minimum absolute atomic E-state index is 0.0338. The zero-order valence-electron chi connectivity index (χ0n) is 14.6. The topological polar surface area (TPSA) is 85.9 Å². The first-order chi connectivity index (χ1) is 10.8. The smallest absolute Gasteiger partial charge is 0.407 e. The van der Waals surface area contributed by atoms with E-state index in [0.29, 0.717) is 19.8 Å². The minimum Gasteiger partial charge on any atom is -0.444 e. The summed E-state index contributed by atoms with van der Waals surface area (Å²) in [5.41, 5.74) is -0.507. The number of methoxy groups -OCH3 is 1. The highest BCUT2D eigenvalue weighted by Gasteiger charge is 2.29. The summed E-state index contributed by atoms with van der Waals surface area (Å²) in [5.74, 6) is 0.0979. The largest absolute Gasteiger partial charge is 0.444 e. The van der Waals surface area contributed by atoms with Crippen LogP contribution in [0.15, 0.2) is 0 Å². The van der Waals surface area contributed by atoms with Gasteiger partial charge in [0.2, 0.25) is 5.91 Å². The maximum Gasteiger partial charge on any atom is 0.407 e. The molecular weight excluding hydrogens is 300 g/mol. The first-order valence-electron chi connectivity index (χ1n) is 8.14. The summed E-state index contributed by atoms with van der Waals surface area (Å²) in [4.78, 5) is 23.5. The van der Waals surface area contributed by atoms with Crippen LogP contribution in [0.2, 0.25) is 0 Å². The number of alkyl carbamates (subject to hydrolysis) is 1. The summed E-state index contributed by atoms with van der Waals surface area (Å²) in [6.45, 7) is 6.89. The number of amides is 2. The summed E-state index contributed by atoms with van der Waals surface area (Å²) in [6, 6.07) is 0.0726. The Balaban J connectivity index is 2.28. The molecule has 7 nitrogen and oxygen atoms in total. The lowest BCUT2D eigenvalue weighted by atomic mass is 10.0. The number of hydrogen-bond donors (Lipinski definition) is 2. The Morgan fingerprint density at radius 3 is 2.57 bits per heavy atom. The molecule has 1 rings (SSSR count). The summed E-state index contributed by atoms with van der Waals surface area (Å²) in [7, 11) is 1.59. The van der Waals surface area contributed by atoms with Gasteiger partial charge in [0, 0.05) is 19.7 Å². The minimum atomic E-state index is -0.507. The van der Waals surface area contributed by atoms with Gasteiger partial charge in [-0.2, -0.15) is 0 Å². The molecule has 0 aromatic carbocycles. The lowest BCUT2D eigenvalue weighted by Gasteiger charge is -2.23. The van der Waals surface area contributed by atoms with Crippen molar-refractivity contribution in [2.75, 3.05) is 33.5 Å². The Morgan fingerprint density at radius 1 is 1.17 bits per heavy atom. The molecule has 0 heterocycles. The third-order valence-corrected chi connectivity index (χ3v) is 3.58. The average Bonchev–Trinajstić information content (AvgIpc) is 2.87. The molecule has 23 heavy (non-hydrogen) atoms. The van der Waals surface area contributed by atoms with Gasteiger partial charge in [0.25, 0.3) is 0 Å². The molecule has 0 saturated heterocycles. The highest BCUT2D eigenvalue weighted by molar-refractivity contribution is 5.77. The van der Waals surface area contributed by atoms with Crippen molar-refractivity contribution in [1.82, 2.24) is 10.6 Å². The summed E-state index contributed by atoms with van der Waals surface area (Å²) in [6.07, 6.45) is 2.52. The number of ether oxygens (including phenoxy) is 3. The van der Waals surface area contributed by atoms with Crippen LogP contribution in [-0.4, -0.2) is 57.1 Å². The van der Waals surface area contributed by atoms with E-state index in [1.807, 2.05) is 20.8 Å². The van der Waals surface area contributed by atoms with Crippen LogP contribution in [-0.2, 0) is 19.0 Å². The number of rotatable bonds is 8. The third-order valence-electron chi connectivity index (χ3n) is 3.58. The Kier molecular flexibility index (Phi) is 8.33. The lowest BCUT2D eigenvalue weighted by Crippen LogP contribution is -2.44. The molecule has 0 radical (unpaired) electrons. The fraction of sp³-hybridized carbons (Fsp3) is 0.875. The molecule has 0 bridgehead atoms. The molecule has 0 aromatic rings. The molecule has 134 valence electrons. The van der Waals surface area contributed by atoms with Gasteiger partial charge in [-0.3, -0.25) is 4.79 Å². The predicted octanol–water partition coefficient (Wildman–Crippen LogP) is 1.46. The van der Waals surface area contributed by atoms with Gasteiger partial charge in [-0.25, -0.2) is 4.79 Å². The molecule has 1 saturated carbocycles. The molecule has 1 fully saturated rings. The normalized spacial score (nSPS) is 21.0. The predicted molar refractivity (Wildman–Crippen MR) is 86.2 cm³/mol. The second-order valence-electron chi connectivity index (χ2n) is 6.79. The maximum absolute atomic E-state index is 11.8. The monoisotopic (exact) mass is 330 g/mol. The van der Waals surface area contributed by atoms with Gasteiger partial charge in [-0.1, -0.05) is 6.42 Å². The average molecular weight is 330 g/mol. The molecule has 2 N–H and O–H groups in total. The molecule has 1 aliphatic rings. The molecule has 2 atom stereocenters. The standard InChI is InChI=1S/C16H30N2O5/c1-16(2,3)23-15(20)17-10-12-6-5-7-13(12)18-14(19)11-22-9-8-21-4/h12-13H,5-11H2,1-4H3,(H,17,20)(H,18,19)/t12-,13+/m1/s1. The number of carbonyl (C=O) groups excluding carboxylic acids is 2. The highest BCUT2D eigenvalue weighted by atomic mass is 16.6. The van der Waals surface area contributed by atoms with E-state index in [0.717, 1.165) is 19.3 Å². The van der Waals surface area contributed by atoms with Crippen molar-refractivity contribution >= 4 is 12.0 Å². The Hall–Kier alpha value is -1.34.